The number of ether oxygens (including phenoxy) is 1. The van der Waals surface area contributed by atoms with Gasteiger partial charge in [-0.1, -0.05) is 12.1 Å². The minimum absolute atomic E-state index is 0.0298. The van der Waals surface area contributed by atoms with Crippen LogP contribution in [0.2, 0.25) is 0 Å². The van der Waals surface area contributed by atoms with Gasteiger partial charge in [-0.2, -0.15) is 0 Å². The molecule has 2 aliphatic heterocycles. The summed E-state index contributed by atoms with van der Waals surface area (Å²) in [6, 6.07) is 7.86. The lowest BCUT2D eigenvalue weighted by Crippen LogP contribution is -2.45. The molecule has 2 aromatic rings. The van der Waals surface area contributed by atoms with E-state index in [4.69, 9.17) is 9.15 Å². The highest BCUT2D eigenvalue weighted by atomic mass is 16.5. The van der Waals surface area contributed by atoms with Crippen molar-refractivity contribution in [1.29, 1.82) is 0 Å². The molecular weight excluding hydrogens is 320 g/mol. The number of amides is 1. The summed E-state index contributed by atoms with van der Waals surface area (Å²) in [6.45, 7) is 6.74. The fourth-order valence-electron chi connectivity index (χ4n) is 3.60. The van der Waals surface area contributed by atoms with Gasteiger partial charge < -0.3 is 14.1 Å². The number of hydrogen-bond acceptors (Lipinski definition) is 6. The Morgan fingerprint density at radius 1 is 1.16 bits per heavy atom. The first-order valence-electron chi connectivity index (χ1n) is 8.73. The monoisotopic (exact) mass is 342 g/mol. The molecule has 0 spiro atoms. The molecule has 0 aliphatic carbocycles. The van der Waals surface area contributed by atoms with Gasteiger partial charge in [0.2, 0.25) is 11.8 Å². The molecule has 2 fully saturated rings. The minimum atomic E-state index is 0.0298. The van der Waals surface area contributed by atoms with Crippen molar-refractivity contribution < 1.29 is 13.9 Å². The number of carbonyl (C=O) groups is 1. The maximum atomic E-state index is 13.1. The van der Waals surface area contributed by atoms with Crippen LogP contribution in [-0.4, -0.2) is 71.3 Å². The second-order valence-corrected chi connectivity index (χ2v) is 6.51. The maximum absolute atomic E-state index is 13.1. The van der Waals surface area contributed by atoms with Gasteiger partial charge >= 0.3 is 0 Å². The van der Waals surface area contributed by atoms with E-state index in [-0.39, 0.29) is 5.91 Å². The standard InChI is InChI=1S/C18H22N4O3/c1-13-19-20-17(25-13)15-4-2-3-5-16(15)18(23)22-7-6-14(12-22)21-8-10-24-11-9-21/h2-5,14H,6-12H2,1H3. The van der Waals surface area contributed by atoms with E-state index in [0.717, 1.165) is 45.8 Å². The summed E-state index contributed by atoms with van der Waals surface area (Å²) in [6.07, 6.45) is 1.01. The van der Waals surface area contributed by atoms with Crippen molar-refractivity contribution in [3.05, 3.63) is 35.7 Å². The van der Waals surface area contributed by atoms with Crippen molar-refractivity contribution >= 4 is 5.91 Å². The molecular formula is C18H22N4O3. The van der Waals surface area contributed by atoms with Crippen LogP contribution in [0.3, 0.4) is 0 Å². The Balaban J connectivity index is 1.52. The van der Waals surface area contributed by atoms with Crippen molar-refractivity contribution in [3.63, 3.8) is 0 Å². The Bertz CT molecular complexity index is 754. The first kappa shape index (κ1) is 16.2. The van der Waals surface area contributed by atoms with Crippen LogP contribution in [0.25, 0.3) is 11.5 Å². The van der Waals surface area contributed by atoms with Crippen LogP contribution in [0.1, 0.15) is 22.7 Å². The van der Waals surface area contributed by atoms with Crippen molar-refractivity contribution in [2.45, 2.75) is 19.4 Å². The second kappa shape index (κ2) is 6.93. The Kier molecular flexibility index (Phi) is 4.50. The van der Waals surface area contributed by atoms with Gasteiger partial charge in [0, 0.05) is 39.1 Å². The molecule has 3 heterocycles. The number of rotatable bonds is 3. The molecule has 2 aliphatic rings. The van der Waals surface area contributed by atoms with Crippen LogP contribution in [0.5, 0.6) is 0 Å². The number of benzene rings is 1. The molecule has 1 atom stereocenters. The minimum Gasteiger partial charge on any atom is -0.421 e. The van der Waals surface area contributed by atoms with E-state index < -0.39 is 0 Å². The van der Waals surface area contributed by atoms with E-state index >= 15 is 0 Å². The van der Waals surface area contributed by atoms with Gasteiger partial charge in [0.15, 0.2) is 0 Å². The Morgan fingerprint density at radius 3 is 2.72 bits per heavy atom. The van der Waals surface area contributed by atoms with Gasteiger partial charge in [-0.25, -0.2) is 0 Å². The normalized spacial score (nSPS) is 21.6. The third-order valence-corrected chi connectivity index (χ3v) is 4.93. The third kappa shape index (κ3) is 3.29. The third-order valence-electron chi connectivity index (χ3n) is 4.93. The summed E-state index contributed by atoms with van der Waals surface area (Å²) in [5.74, 6) is 0.915. The number of aryl methyl sites for hydroxylation is 1. The summed E-state index contributed by atoms with van der Waals surface area (Å²) < 4.78 is 10.9. The molecule has 0 radical (unpaired) electrons. The number of morpholine rings is 1. The van der Waals surface area contributed by atoms with Crippen LogP contribution >= 0.6 is 0 Å². The zero-order valence-electron chi connectivity index (χ0n) is 14.4. The molecule has 1 aromatic heterocycles. The summed E-state index contributed by atoms with van der Waals surface area (Å²) >= 11 is 0. The lowest BCUT2D eigenvalue weighted by atomic mass is 10.1. The van der Waals surface area contributed by atoms with E-state index in [0.29, 0.717) is 29.0 Å². The quantitative estimate of drug-likeness (QED) is 0.844. The fraction of sp³-hybridized carbons (Fsp3) is 0.500. The first-order chi connectivity index (χ1) is 12.2. The van der Waals surface area contributed by atoms with Crippen molar-refractivity contribution in [1.82, 2.24) is 20.0 Å². The lowest BCUT2D eigenvalue weighted by Gasteiger charge is -2.32. The molecule has 0 bridgehead atoms. The lowest BCUT2D eigenvalue weighted by molar-refractivity contribution is 0.0185. The smallest absolute Gasteiger partial charge is 0.254 e. The predicted molar refractivity (Wildman–Crippen MR) is 91.2 cm³/mol. The maximum Gasteiger partial charge on any atom is 0.254 e. The van der Waals surface area contributed by atoms with Crippen LogP contribution in [0, 0.1) is 6.92 Å². The highest BCUT2D eigenvalue weighted by molar-refractivity contribution is 6.00. The zero-order chi connectivity index (χ0) is 17.2. The molecule has 0 saturated carbocycles. The van der Waals surface area contributed by atoms with Gasteiger partial charge in [0.05, 0.1) is 24.3 Å². The van der Waals surface area contributed by atoms with Gasteiger partial charge in [-0.15, -0.1) is 10.2 Å². The van der Waals surface area contributed by atoms with Crippen LogP contribution in [0.4, 0.5) is 0 Å². The molecule has 7 nitrogen and oxygen atoms in total. The van der Waals surface area contributed by atoms with Gasteiger partial charge in [-0.05, 0) is 18.6 Å². The fourth-order valence-corrected chi connectivity index (χ4v) is 3.60. The molecule has 1 amide bonds. The van der Waals surface area contributed by atoms with E-state index in [2.05, 4.69) is 15.1 Å². The molecule has 25 heavy (non-hydrogen) atoms. The number of hydrogen-bond donors (Lipinski definition) is 0. The average Bonchev–Trinajstić information content (AvgIpc) is 3.31. The number of likely N-dealkylation sites (tertiary alicyclic amines) is 1. The van der Waals surface area contributed by atoms with E-state index in [1.165, 1.54) is 0 Å². The first-order valence-corrected chi connectivity index (χ1v) is 8.73. The van der Waals surface area contributed by atoms with E-state index in [1.807, 2.05) is 29.2 Å². The highest BCUT2D eigenvalue weighted by Gasteiger charge is 2.32. The molecule has 0 N–H and O–H groups in total. The summed E-state index contributed by atoms with van der Waals surface area (Å²) in [4.78, 5) is 17.4. The molecule has 7 heteroatoms. The highest BCUT2D eigenvalue weighted by Crippen LogP contribution is 2.26. The molecule has 1 unspecified atom stereocenters. The number of carbonyl (C=O) groups excluding carboxylic acids is 1. The van der Waals surface area contributed by atoms with Crippen molar-refractivity contribution in [2.24, 2.45) is 0 Å². The van der Waals surface area contributed by atoms with Crippen molar-refractivity contribution in [2.75, 3.05) is 39.4 Å². The second-order valence-electron chi connectivity index (χ2n) is 6.51. The summed E-state index contributed by atoms with van der Waals surface area (Å²) in [7, 11) is 0. The molecule has 2 saturated heterocycles. The van der Waals surface area contributed by atoms with E-state index in [1.54, 1.807) is 6.92 Å². The zero-order valence-corrected chi connectivity index (χ0v) is 14.4. The Morgan fingerprint density at radius 2 is 1.96 bits per heavy atom. The van der Waals surface area contributed by atoms with Crippen LogP contribution in [0.15, 0.2) is 28.7 Å². The van der Waals surface area contributed by atoms with Crippen LogP contribution in [-0.2, 0) is 4.74 Å². The number of aromatic nitrogens is 2. The number of nitrogens with zero attached hydrogens (tertiary/aromatic N) is 4. The van der Waals surface area contributed by atoms with Crippen molar-refractivity contribution in [3.8, 4) is 11.5 Å². The summed E-state index contributed by atoms with van der Waals surface area (Å²) in [5.41, 5.74) is 1.32. The molecule has 1 aromatic carbocycles. The van der Waals surface area contributed by atoms with Gasteiger partial charge in [0.1, 0.15) is 0 Å². The Hall–Kier alpha value is -2.25. The Labute approximate surface area is 146 Å². The molecule has 132 valence electrons. The molecule has 4 rings (SSSR count). The average molecular weight is 342 g/mol. The van der Waals surface area contributed by atoms with E-state index in [9.17, 15) is 4.79 Å². The van der Waals surface area contributed by atoms with Gasteiger partial charge in [-0.3, -0.25) is 9.69 Å². The largest absolute Gasteiger partial charge is 0.421 e. The predicted octanol–water partition coefficient (Wildman–Crippen LogP) is 1.59. The topological polar surface area (TPSA) is 71.7 Å². The van der Waals surface area contributed by atoms with Gasteiger partial charge in [0.25, 0.3) is 5.91 Å². The summed E-state index contributed by atoms with van der Waals surface area (Å²) in [5, 5.41) is 7.94. The van der Waals surface area contributed by atoms with Crippen LogP contribution < -0.4 is 0 Å². The SMILES string of the molecule is Cc1nnc(-c2ccccc2C(=O)N2CCC(N3CCOCC3)C2)o1.